The van der Waals surface area contributed by atoms with E-state index in [4.69, 9.17) is 22.1 Å². The van der Waals surface area contributed by atoms with Crippen LogP contribution in [0.3, 0.4) is 0 Å². The van der Waals surface area contributed by atoms with Crippen molar-refractivity contribution in [1.29, 1.82) is 0 Å². The number of pyridine rings is 1. The highest BCUT2D eigenvalue weighted by molar-refractivity contribution is 6.30. The molecule has 0 amide bonds. The van der Waals surface area contributed by atoms with Gasteiger partial charge in [0.15, 0.2) is 0 Å². The fraction of sp³-hybridized carbons (Fsp3) is 0. The number of nitrogens with two attached hydrogens (primary N) is 1. The number of hydrogen-bond acceptors (Lipinski definition) is 3. The van der Waals surface area contributed by atoms with Crippen molar-refractivity contribution < 1.29 is 4.74 Å². The molecular formula is C11H9ClN2O. The lowest BCUT2D eigenvalue weighted by atomic mass is 10.3. The third-order valence-corrected chi connectivity index (χ3v) is 2.07. The van der Waals surface area contributed by atoms with Crippen molar-refractivity contribution in [3.8, 4) is 11.5 Å². The van der Waals surface area contributed by atoms with Crippen molar-refractivity contribution in [2.75, 3.05) is 5.73 Å². The Hall–Kier alpha value is -1.74. The summed E-state index contributed by atoms with van der Waals surface area (Å²) in [7, 11) is 0. The molecule has 0 fully saturated rings. The van der Waals surface area contributed by atoms with Crippen molar-refractivity contribution >= 4 is 17.3 Å². The largest absolute Gasteiger partial charge is 0.454 e. The van der Waals surface area contributed by atoms with Gasteiger partial charge in [-0.1, -0.05) is 11.6 Å². The third-order valence-electron chi connectivity index (χ3n) is 1.83. The number of benzene rings is 1. The minimum Gasteiger partial charge on any atom is -0.454 e. The highest BCUT2D eigenvalue weighted by Gasteiger charge is 2.02. The van der Waals surface area contributed by atoms with Gasteiger partial charge in [0.25, 0.3) is 0 Å². The molecule has 3 nitrogen and oxygen atoms in total. The summed E-state index contributed by atoms with van der Waals surface area (Å²) in [5.74, 6) is 1.22. The maximum atomic E-state index is 5.77. The molecule has 0 aliphatic rings. The van der Waals surface area contributed by atoms with E-state index in [1.807, 2.05) is 0 Å². The van der Waals surface area contributed by atoms with E-state index in [2.05, 4.69) is 4.98 Å². The Morgan fingerprint density at radius 1 is 1.27 bits per heavy atom. The number of anilines is 1. The molecule has 0 atom stereocenters. The Bertz CT molecular complexity index is 459. The molecule has 2 aromatic rings. The lowest BCUT2D eigenvalue weighted by molar-refractivity contribution is 0.482. The van der Waals surface area contributed by atoms with Crippen LogP contribution in [0.1, 0.15) is 0 Å². The molecule has 0 radical (unpaired) electrons. The van der Waals surface area contributed by atoms with Crippen LogP contribution in [0.15, 0.2) is 42.7 Å². The first-order chi connectivity index (χ1) is 7.25. The van der Waals surface area contributed by atoms with Gasteiger partial charge in [0.2, 0.25) is 0 Å². The van der Waals surface area contributed by atoms with Crippen LogP contribution in [0.25, 0.3) is 0 Å². The Morgan fingerprint density at radius 2 is 2.13 bits per heavy atom. The number of aromatic nitrogens is 1. The molecule has 15 heavy (non-hydrogen) atoms. The maximum Gasteiger partial charge on any atom is 0.150 e. The topological polar surface area (TPSA) is 48.1 Å². The van der Waals surface area contributed by atoms with E-state index in [0.29, 0.717) is 22.2 Å². The molecule has 0 aliphatic carbocycles. The van der Waals surface area contributed by atoms with Crippen LogP contribution in [0.5, 0.6) is 11.5 Å². The predicted octanol–water partition coefficient (Wildman–Crippen LogP) is 3.11. The summed E-state index contributed by atoms with van der Waals surface area (Å²) < 4.78 is 5.52. The third kappa shape index (κ3) is 2.39. The highest BCUT2D eigenvalue weighted by atomic mass is 35.5. The Balaban J connectivity index is 2.25. The normalized spacial score (nSPS) is 9.93. The lowest BCUT2D eigenvalue weighted by Crippen LogP contribution is -1.91. The first kappa shape index (κ1) is 9.80. The molecule has 2 rings (SSSR count). The molecular weight excluding hydrogens is 212 g/mol. The zero-order valence-electron chi connectivity index (χ0n) is 7.85. The number of ether oxygens (including phenoxy) is 1. The van der Waals surface area contributed by atoms with Crippen LogP contribution in [-0.2, 0) is 0 Å². The number of nitrogens with zero attached hydrogens (tertiary/aromatic N) is 1. The summed E-state index contributed by atoms with van der Waals surface area (Å²) in [5.41, 5.74) is 6.25. The van der Waals surface area contributed by atoms with Gasteiger partial charge in [-0.15, -0.1) is 0 Å². The van der Waals surface area contributed by atoms with Gasteiger partial charge in [0, 0.05) is 11.2 Å². The van der Waals surface area contributed by atoms with E-state index in [-0.39, 0.29) is 0 Å². The number of halogens is 1. The van der Waals surface area contributed by atoms with Crippen LogP contribution >= 0.6 is 11.6 Å². The highest BCUT2D eigenvalue weighted by Crippen LogP contribution is 2.28. The van der Waals surface area contributed by atoms with Crippen molar-refractivity contribution in [3.05, 3.63) is 47.7 Å². The minimum atomic E-state index is 0.506. The summed E-state index contributed by atoms with van der Waals surface area (Å²) in [6.45, 7) is 0. The molecule has 1 aromatic heterocycles. The van der Waals surface area contributed by atoms with Gasteiger partial charge >= 0.3 is 0 Å². The quantitative estimate of drug-likeness (QED) is 0.792. The van der Waals surface area contributed by atoms with Gasteiger partial charge in [0.1, 0.15) is 11.5 Å². The second kappa shape index (κ2) is 4.19. The molecule has 4 heteroatoms. The molecule has 2 N–H and O–H groups in total. The summed E-state index contributed by atoms with van der Waals surface area (Å²) in [5, 5.41) is 0.589. The average Bonchev–Trinajstić information content (AvgIpc) is 2.24. The Morgan fingerprint density at radius 3 is 2.80 bits per heavy atom. The van der Waals surface area contributed by atoms with Gasteiger partial charge in [-0.2, -0.15) is 0 Å². The molecule has 0 saturated heterocycles. The van der Waals surface area contributed by atoms with E-state index in [9.17, 15) is 0 Å². The van der Waals surface area contributed by atoms with Gasteiger partial charge in [0.05, 0.1) is 11.9 Å². The first-order valence-electron chi connectivity index (χ1n) is 4.38. The van der Waals surface area contributed by atoms with Crippen molar-refractivity contribution in [2.24, 2.45) is 0 Å². The molecule has 1 aromatic carbocycles. The fourth-order valence-electron chi connectivity index (χ4n) is 1.15. The zero-order chi connectivity index (χ0) is 10.7. The van der Waals surface area contributed by atoms with Gasteiger partial charge < -0.3 is 10.5 Å². The smallest absolute Gasteiger partial charge is 0.150 e. The molecule has 0 saturated carbocycles. The van der Waals surface area contributed by atoms with Crippen molar-refractivity contribution in [1.82, 2.24) is 4.98 Å². The number of hydrogen-bond donors (Lipinski definition) is 1. The summed E-state index contributed by atoms with van der Waals surface area (Å²) in [4.78, 5) is 3.94. The summed E-state index contributed by atoms with van der Waals surface area (Å²) in [6, 6.07) is 8.70. The second-order valence-electron chi connectivity index (χ2n) is 2.97. The molecule has 0 unspecified atom stereocenters. The van der Waals surface area contributed by atoms with Crippen LogP contribution in [0, 0.1) is 0 Å². The maximum absolute atomic E-state index is 5.77. The average molecular weight is 221 g/mol. The zero-order valence-corrected chi connectivity index (χ0v) is 8.61. The predicted molar refractivity (Wildman–Crippen MR) is 60.2 cm³/mol. The second-order valence-corrected chi connectivity index (χ2v) is 3.41. The van der Waals surface area contributed by atoms with E-state index in [0.717, 1.165) is 0 Å². The minimum absolute atomic E-state index is 0.506. The van der Waals surface area contributed by atoms with Crippen LogP contribution in [-0.4, -0.2) is 4.98 Å². The van der Waals surface area contributed by atoms with E-state index >= 15 is 0 Å². The SMILES string of the molecule is Nc1cc(Cl)ccc1Oc1cccnc1. The van der Waals surface area contributed by atoms with Crippen LogP contribution in [0.4, 0.5) is 5.69 Å². The fourth-order valence-corrected chi connectivity index (χ4v) is 1.33. The molecule has 0 spiro atoms. The number of rotatable bonds is 2. The lowest BCUT2D eigenvalue weighted by Gasteiger charge is -2.07. The Kier molecular flexibility index (Phi) is 2.74. The van der Waals surface area contributed by atoms with E-state index in [1.165, 1.54) is 0 Å². The molecule has 1 heterocycles. The van der Waals surface area contributed by atoms with Crippen molar-refractivity contribution in [3.63, 3.8) is 0 Å². The first-order valence-corrected chi connectivity index (χ1v) is 4.76. The molecule has 76 valence electrons. The van der Waals surface area contributed by atoms with Gasteiger partial charge in [-0.25, -0.2) is 0 Å². The number of nitrogen functional groups attached to an aromatic ring is 1. The standard InChI is InChI=1S/C11H9ClN2O/c12-8-3-4-11(10(13)6-8)15-9-2-1-5-14-7-9/h1-7H,13H2. The summed E-state index contributed by atoms with van der Waals surface area (Å²) in [6.07, 6.45) is 3.30. The van der Waals surface area contributed by atoms with Crippen molar-refractivity contribution in [2.45, 2.75) is 0 Å². The van der Waals surface area contributed by atoms with E-state index < -0.39 is 0 Å². The Labute approximate surface area is 92.5 Å². The van der Waals surface area contributed by atoms with E-state index in [1.54, 1.807) is 42.7 Å². The van der Waals surface area contributed by atoms with Gasteiger partial charge in [-0.3, -0.25) is 4.98 Å². The molecule has 0 bridgehead atoms. The monoisotopic (exact) mass is 220 g/mol. The molecule has 0 aliphatic heterocycles. The van der Waals surface area contributed by atoms with Gasteiger partial charge in [-0.05, 0) is 30.3 Å². The summed E-state index contributed by atoms with van der Waals surface area (Å²) >= 11 is 5.77. The van der Waals surface area contributed by atoms with Crippen LogP contribution in [0.2, 0.25) is 5.02 Å². The van der Waals surface area contributed by atoms with Crippen LogP contribution < -0.4 is 10.5 Å².